The van der Waals surface area contributed by atoms with Crippen molar-refractivity contribution in [1.29, 1.82) is 0 Å². The van der Waals surface area contributed by atoms with Gasteiger partial charge in [0.25, 0.3) is 5.91 Å². The molecule has 1 N–H and O–H groups in total. The van der Waals surface area contributed by atoms with Crippen LogP contribution in [-0.4, -0.2) is 70.8 Å². The number of fused-ring (bicyclic) bond motifs is 2. The van der Waals surface area contributed by atoms with E-state index >= 15 is 0 Å². The van der Waals surface area contributed by atoms with Crippen molar-refractivity contribution < 1.29 is 29.0 Å². The van der Waals surface area contributed by atoms with Crippen molar-refractivity contribution in [2.45, 2.75) is 56.4 Å². The minimum atomic E-state index is -1.46. The van der Waals surface area contributed by atoms with Crippen LogP contribution >= 0.6 is 11.6 Å². The molecule has 2 fully saturated rings. The molecule has 4 aliphatic rings. The number of aliphatic hydroxyl groups excluding tert-OH is 1. The maximum atomic E-state index is 14.9. The first-order valence-electron chi connectivity index (χ1n) is 14.5. The summed E-state index contributed by atoms with van der Waals surface area (Å²) >= 11 is 6.66. The number of rotatable bonds is 6. The number of hydrogen-bond acceptors (Lipinski definition) is 6. The van der Waals surface area contributed by atoms with Crippen LogP contribution in [-0.2, 0) is 30.3 Å². The summed E-state index contributed by atoms with van der Waals surface area (Å²) < 4.78 is 12.6. The van der Waals surface area contributed by atoms with Crippen LogP contribution in [0.25, 0.3) is 0 Å². The highest BCUT2D eigenvalue weighted by molar-refractivity contribution is 6.34. The molecule has 6 atom stereocenters. The highest BCUT2D eigenvalue weighted by Crippen LogP contribution is 2.59. The van der Waals surface area contributed by atoms with E-state index in [1.807, 2.05) is 74.5 Å². The second-order valence-corrected chi connectivity index (χ2v) is 11.9. The smallest absolute Gasteiger partial charge is 0.313 e. The number of nitrogens with zero attached hydrogens (tertiary/aromatic N) is 2. The highest BCUT2D eigenvalue weighted by Gasteiger charge is 2.76. The summed E-state index contributed by atoms with van der Waals surface area (Å²) in [6.07, 6.45) is 8.68. The number of hydrogen-bond donors (Lipinski definition) is 1. The summed E-state index contributed by atoms with van der Waals surface area (Å²) in [6, 6.07) is 13.1. The number of ether oxygens (including phenoxy) is 2. The average Bonchev–Trinajstić information content (AvgIpc) is 3.33. The Morgan fingerprint density at radius 2 is 1.81 bits per heavy atom. The van der Waals surface area contributed by atoms with E-state index in [0.29, 0.717) is 30.0 Å². The molecule has 0 bridgehead atoms. The van der Waals surface area contributed by atoms with E-state index in [4.69, 9.17) is 21.1 Å². The molecule has 220 valence electrons. The molecule has 0 aliphatic carbocycles. The van der Waals surface area contributed by atoms with Crippen molar-refractivity contribution in [3.05, 3.63) is 89.0 Å². The van der Waals surface area contributed by atoms with Crippen LogP contribution in [0.3, 0.4) is 0 Å². The molecule has 4 heterocycles. The minimum Gasteiger partial charge on any atom is -0.465 e. The zero-order valence-electron chi connectivity index (χ0n) is 23.7. The van der Waals surface area contributed by atoms with Crippen LogP contribution in [0.15, 0.2) is 72.8 Å². The first-order valence-corrected chi connectivity index (χ1v) is 14.9. The molecule has 2 aromatic carbocycles. The number of cyclic esters (lactones) is 1. The van der Waals surface area contributed by atoms with E-state index in [1.54, 1.807) is 17.0 Å². The molecule has 0 aromatic heterocycles. The van der Waals surface area contributed by atoms with E-state index in [-0.39, 0.29) is 25.7 Å². The number of carbonyl (C=O) groups is 3. The average molecular weight is 591 g/mol. The van der Waals surface area contributed by atoms with Gasteiger partial charge in [0.1, 0.15) is 23.2 Å². The summed E-state index contributed by atoms with van der Waals surface area (Å²) in [5, 5.41) is 11.1. The molecule has 9 heteroatoms. The standard InChI is InChI=1S/C33H35ClN2O6/c1-3-32-15-7-8-18-41-31(40)26(32)25-29(38)36(23(20-37)19-22-12-5-4-6-13-22)28-30(39)35(17-10-16-33(25,28)42-32)27-21(2)11-9-14-24(27)34/h4-7,9-16,23,25-26,28,37H,3,8,17-20H2,1-2H3/t23-,25+,26-,28?,32+,33+/m1/s1. The lowest BCUT2D eigenvalue weighted by atomic mass is 9.73. The normalized spacial score (nSPS) is 31.1. The van der Waals surface area contributed by atoms with Crippen molar-refractivity contribution in [1.82, 2.24) is 4.90 Å². The highest BCUT2D eigenvalue weighted by atomic mass is 35.5. The van der Waals surface area contributed by atoms with E-state index in [0.717, 1.165) is 11.1 Å². The predicted molar refractivity (Wildman–Crippen MR) is 158 cm³/mol. The van der Waals surface area contributed by atoms with Crippen LogP contribution < -0.4 is 4.90 Å². The molecule has 0 saturated carbocycles. The minimum absolute atomic E-state index is 0.201. The molecule has 6 rings (SSSR count). The van der Waals surface area contributed by atoms with Gasteiger partial charge in [0.2, 0.25) is 5.91 Å². The van der Waals surface area contributed by atoms with Crippen LogP contribution in [0.5, 0.6) is 0 Å². The van der Waals surface area contributed by atoms with Gasteiger partial charge in [0.05, 0.1) is 35.9 Å². The Hall–Kier alpha value is -3.46. The van der Waals surface area contributed by atoms with E-state index < -0.39 is 47.0 Å². The topological polar surface area (TPSA) is 96.4 Å². The van der Waals surface area contributed by atoms with E-state index in [9.17, 15) is 19.5 Å². The summed E-state index contributed by atoms with van der Waals surface area (Å²) in [5.41, 5.74) is -0.324. The van der Waals surface area contributed by atoms with Crippen LogP contribution in [0, 0.1) is 18.8 Å². The predicted octanol–water partition coefficient (Wildman–Crippen LogP) is 4.02. The molecule has 1 spiro atoms. The second kappa shape index (κ2) is 11.0. The fourth-order valence-electron chi connectivity index (χ4n) is 7.36. The lowest BCUT2D eigenvalue weighted by Gasteiger charge is -2.41. The summed E-state index contributed by atoms with van der Waals surface area (Å²) in [4.78, 5) is 46.3. The lowest BCUT2D eigenvalue weighted by molar-refractivity contribution is -0.161. The lowest BCUT2D eigenvalue weighted by Crippen LogP contribution is -2.59. The Morgan fingerprint density at radius 1 is 1.02 bits per heavy atom. The molecule has 42 heavy (non-hydrogen) atoms. The maximum absolute atomic E-state index is 14.9. The van der Waals surface area contributed by atoms with Gasteiger partial charge in [0, 0.05) is 6.54 Å². The molecule has 0 radical (unpaired) electrons. The van der Waals surface area contributed by atoms with E-state index in [2.05, 4.69) is 0 Å². The number of para-hydroxylation sites is 1. The third kappa shape index (κ3) is 4.31. The number of benzene rings is 2. The van der Waals surface area contributed by atoms with E-state index in [1.165, 1.54) is 4.90 Å². The largest absolute Gasteiger partial charge is 0.465 e. The van der Waals surface area contributed by atoms with Gasteiger partial charge in [0.15, 0.2) is 0 Å². The Bertz CT molecular complexity index is 1440. The number of likely N-dealkylation sites (tertiary alicyclic amines) is 1. The third-order valence-electron chi connectivity index (χ3n) is 9.22. The summed E-state index contributed by atoms with van der Waals surface area (Å²) in [6.45, 7) is 3.82. The molecule has 2 amide bonds. The monoisotopic (exact) mass is 590 g/mol. The van der Waals surface area contributed by atoms with Crippen LogP contribution in [0.2, 0.25) is 5.02 Å². The molecular formula is C33H35ClN2O6. The van der Waals surface area contributed by atoms with Crippen LogP contribution in [0.1, 0.15) is 30.9 Å². The summed E-state index contributed by atoms with van der Waals surface area (Å²) in [5.74, 6) is -3.27. The second-order valence-electron chi connectivity index (χ2n) is 11.5. The number of aryl methyl sites for hydroxylation is 1. The molecular weight excluding hydrogens is 556 g/mol. The molecule has 1 unspecified atom stereocenters. The molecule has 8 nitrogen and oxygen atoms in total. The Morgan fingerprint density at radius 3 is 2.52 bits per heavy atom. The number of amides is 2. The number of anilines is 1. The first kappa shape index (κ1) is 28.6. The van der Waals surface area contributed by atoms with Gasteiger partial charge in [-0.05, 0) is 43.4 Å². The van der Waals surface area contributed by atoms with Gasteiger partial charge in [-0.3, -0.25) is 14.4 Å². The fourth-order valence-corrected chi connectivity index (χ4v) is 7.69. The van der Waals surface area contributed by atoms with Crippen molar-refractivity contribution in [2.75, 3.05) is 24.7 Å². The maximum Gasteiger partial charge on any atom is 0.313 e. The number of carbonyl (C=O) groups excluding carboxylic acids is 3. The van der Waals surface area contributed by atoms with Gasteiger partial charge >= 0.3 is 5.97 Å². The SMILES string of the molecule is CC[C@]12C=CCCOC(=O)[C@H]1[C@H]1C(=O)N([C@@H](CO)Cc3ccccc3)C3C(=O)N(c4c(C)cccc4Cl)CC=C[C@@]31O2. The molecule has 4 aliphatic heterocycles. The number of halogens is 1. The van der Waals surface area contributed by atoms with Gasteiger partial charge in [-0.1, -0.05) is 85.3 Å². The fraction of sp³-hybridized carbons (Fsp3) is 0.424. The first-order chi connectivity index (χ1) is 20.3. The quantitative estimate of drug-likeness (QED) is 0.403. The van der Waals surface area contributed by atoms with Crippen molar-refractivity contribution in [3.8, 4) is 0 Å². The van der Waals surface area contributed by atoms with Crippen molar-refractivity contribution >= 4 is 35.1 Å². The van der Waals surface area contributed by atoms with Gasteiger partial charge < -0.3 is 24.4 Å². The van der Waals surface area contributed by atoms with Gasteiger partial charge in [-0.25, -0.2) is 0 Å². The zero-order chi connectivity index (χ0) is 29.6. The summed E-state index contributed by atoms with van der Waals surface area (Å²) in [7, 11) is 0. The molecule has 2 saturated heterocycles. The Balaban J connectivity index is 1.54. The molecule has 2 aromatic rings. The van der Waals surface area contributed by atoms with Crippen molar-refractivity contribution in [3.63, 3.8) is 0 Å². The van der Waals surface area contributed by atoms with Gasteiger partial charge in [-0.15, -0.1) is 0 Å². The van der Waals surface area contributed by atoms with Crippen molar-refractivity contribution in [2.24, 2.45) is 11.8 Å². The third-order valence-corrected chi connectivity index (χ3v) is 9.52. The number of esters is 1. The zero-order valence-corrected chi connectivity index (χ0v) is 24.5. The Kier molecular flexibility index (Phi) is 7.50. The number of aliphatic hydroxyl groups is 1. The Labute approximate surface area is 250 Å². The van der Waals surface area contributed by atoms with Gasteiger partial charge in [-0.2, -0.15) is 0 Å². The van der Waals surface area contributed by atoms with Crippen LogP contribution in [0.4, 0.5) is 5.69 Å².